The summed E-state index contributed by atoms with van der Waals surface area (Å²) in [5.41, 5.74) is 0. The van der Waals surface area contributed by atoms with Crippen LogP contribution >= 0.6 is 0 Å². The van der Waals surface area contributed by atoms with E-state index < -0.39 is 0 Å². The Bertz CT molecular complexity index is 623. The summed E-state index contributed by atoms with van der Waals surface area (Å²) in [6, 6.07) is 21.5. The molecular formula is C16H12Se2. The van der Waals surface area contributed by atoms with Crippen LogP contribution in [-0.4, -0.2) is 29.0 Å². The van der Waals surface area contributed by atoms with E-state index in [2.05, 4.69) is 70.5 Å². The molecule has 2 aromatic heterocycles. The van der Waals surface area contributed by atoms with E-state index in [1.165, 1.54) is 19.3 Å². The van der Waals surface area contributed by atoms with Gasteiger partial charge < -0.3 is 0 Å². The van der Waals surface area contributed by atoms with Crippen LogP contribution in [0.2, 0.25) is 0 Å². The van der Waals surface area contributed by atoms with Crippen molar-refractivity contribution in [2.75, 3.05) is 0 Å². The van der Waals surface area contributed by atoms with Gasteiger partial charge in [0.25, 0.3) is 0 Å². The maximum absolute atomic E-state index is 2.26. The Labute approximate surface area is 118 Å². The van der Waals surface area contributed by atoms with Crippen LogP contribution in [0.3, 0.4) is 0 Å². The van der Waals surface area contributed by atoms with Gasteiger partial charge in [-0.15, -0.1) is 0 Å². The van der Waals surface area contributed by atoms with Crippen molar-refractivity contribution in [2.24, 2.45) is 0 Å². The van der Waals surface area contributed by atoms with E-state index in [1.54, 1.807) is 0 Å². The summed E-state index contributed by atoms with van der Waals surface area (Å²) in [6.07, 6.45) is 0. The predicted molar refractivity (Wildman–Crippen MR) is 81.8 cm³/mol. The average molecular weight is 362 g/mol. The third-order valence-corrected chi connectivity index (χ3v) is 6.49. The summed E-state index contributed by atoms with van der Waals surface area (Å²) in [4.78, 5) is 4.52. The standard InChI is InChI=1S/2C8H6Se/c2*1-2-4-8-7(3-1)5-6-9-8/h2*1-6H. The molecule has 2 heteroatoms. The third-order valence-electron chi connectivity index (χ3n) is 2.72. The van der Waals surface area contributed by atoms with Crippen LogP contribution in [0.15, 0.2) is 70.5 Å². The maximum atomic E-state index is 2.26. The average Bonchev–Trinajstić information content (AvgIpc) is 3.08. The van der Waals surface area contributed by atoms with Gasteiger partial charge in [-0.1, -0.05) is 0 Å². The molecule has 0 saturated carbocycles. The minimum absolute atomic E-state index is 0.622. The van der Waals surface area contributed by atoms with Gasteiger partial charge in [0.2, 0.25) is 0 Å². The van der Waals surface area contributed by atoms with Gasteiger partial charge in [0.15, 0.2) is 0 Å². The van der Waals surface area contributed by atoms with Crippen molar-refractivity contribution in [3.63, 3.8) is 0 Å². The number of rotatable bonds is 0. The Balaban J connectivity index is 0.000000111. The van der Waals surface area contributed by atoms with Crippen molar-refractivity contribution in [3.05, 3.63) is 70.5 Å². The van der Waals surface area contributed by atoms with Gasteiger partial charge in [0.1, 0.15) is 0 Å². The molecule has 2 aromatic carbocycles. The molecule has 0 aliphatic rings. The third kappa shape index (κ3) is 2.68. The fourth-order valence-electron chi connectivity index (χ4n) is 1.81. The van der Waals surface area contributed by atoms with Crippen LogP contribution < -0.4 is 0 Å². The predicted octanol–water partition coefficient (Wildman–Crippen LogP) is 3.79. The van der Waals surface area contributed by atoms with E-state index in [0.29, 0.717) is 29.0 Å². The van der Waals surface area contributed by atoms with E-state index in [9.17, 15) is 0 Å². The molecule has 0 amide bonds. The minimum atomic E-state index is 0.622. The van der Waals surface area contributed by atoms with Gasteiger partial charge in [-0.3, -0.25) is 0 Å². The molecule has 0 nitrogen and oxygen atoms in total. The molecule has 4 aromatic rings. The van der Waals surface area contributed by atoms with Gasteiger partial charge >= 0.3 is 119 Å². The summed E-state index contributed by atoms with van der Waals surface area (Å²) in [7, 11) is 0. The van der Waals surface area contributed by atoms with Gasteiger partial charge in [0, 0.05) is 0 Å². The van der Waals surface area contributed by atoms with Crippen molar-refractivity contribution in [2.45, 2.75) is 0 Å². The van der Waals surface area contributed by atoms with E-state index in [1.807, 2.05) is 0 Å². The Morgan fingerprint density at radius 1 is 0.500 bits per heavy atom. The number of fused-ring (bicyclic) bond motifs is 2. The Kier molecular flexibility index (Phi) is 3.83. The van der Waals surface area contributed by atoms with Gasteiger partial charge in [-0.05, 0) is 0 Å². The molecule has 0 bridgehead atoms. The first kappa shape index (κ1) is 12.0. The summed E-state index contributed by atoms with van der Waals surface area (Å²) in [6.45, 7) is 0. The molecule has 2 heterocycles. The second-order valence-corrected chi connectivity index (χ2v) is 7.89. The van der Waals surface area contributed by atoms with Crippen molar-refractivity contribution in [1.82, 2.24) is 0 Å². The number of hydrogen-bond acceptors (Lipinski definition) is 0. The summed E-state index contributed by atoms with van der Waals surface area (Å²) in [5, 5.41) is 2.83. The van der Waals surface area contributed by atoms with E-state index in [4.69, 9.17) is 0 Å². The van der Waals surface area contributed by atoms with Crippen molar-refractivity contribution >= 4 is 48.3 Å². The van der Waals surface area contributed by atoms with Crippen LogP contribution in [0.1, 0.15) is 0 Å². The fourth-order valence-corrected chi connectivity index (χ4v) is 5.13. The quantitative estimate of drug-likeness (QED) is 0.418. The molecule has 0 fully saturated rings. The SMILES string of the molecule is c1ccc2[se]ccc2c1.c1ccc2[se]ccc2c1. The second-order valence-electron chi connectivity index (χ2n) is 3.92. The van der Waals surface area contributed by atoms with Gasteiger partial charge in [-0.25, -0.2) is 0 Å². The van der Waals surface area contributed by atoms with Crippen LogP contribution in [0, 0.1) is 0 Å². The first-order valence-electron chi connectivity index (χ1n) is 5.78. The zero-order valence-corrected chi connectivity index (χ0v) is 13.2. The number of benzene rings is 2. The van der Waals surface area contributed by atoms with Crippen LogP contribution in [0.25, 0.3) is 19.3 Å². The molecule has 0 saturated heterocycles. The van der Waals surface area contributed by atoms with E-state index >= 15 is 0 Å². The number of hydrogen-bond donors (Lipinski definition) is 0. The molecule has 0 aliphatic heterocycles. The van der Waals surface area contributed by atoms with E-state index in [-0.39, 0.29) is 0 Å². The zero-order chi connectivity index (χ0) is 12.2. The van der Waals surface area contributed by atoms with Crippen LogP contribution in [0.4, 0.5) is 0 Å². The monoisotopic (exact) mass is 364 g/mol. The molecule has 88 valence electrons. The second kappa shape index (κ2) is 5.73. The van der Waals surface area contributed by atoms with E-state index in [0.717, 1.165) is 0 Å². The van der Waals surface area contributed by atoms with Crippen molar-refractivity contribution in [3.8, 4) is 0 Å². The van der Waals surface area contributed by atoms with Crippen LogP contribution in [0.5, 0.6) is 0 Å². The fraction of sp³-hybridized carbons (Fsp3) is 0. The molecule has 18 heavy (non-hydrogen) atoms. The first-order chi connectivity index (χ1) is 8.93. The molecular weight excluding hydrogens is 350 g/mol. The topological polar surface area (TPSA) is 0 Å². The molecule has 0 radical (unpaired) electrons. The van der Waals surface area contributed by atoms with Crippen molar-refractivity contribution < 1.29 is 0 Å². The Hall–Kier alpha value is -1.04. The summed E-state index contributed by atoms with van der Waals surface area (Å²) < 4.78 is 3.04. The van der Waals surface area contributed by atoms with Crippen LogP contribution in [-0.2, 0) is 0 Å². The van der Waals surface area contributed by atoms with Crippen molar-refractivity contribution in [1.29, 1.82) is 0 Å². The molecule has 0 aliphatic carbocycles. The zero-order valence-electron chi connectivity index (χ0n) is 9.74. The Morgan fingerprint density at radius 3 is 1.39 bits per heavy atom. The summed E-state index contributed by atoms with van der Waals surface area (Å²) >= 11 is 1.24. The molecule has 0 spiro atoms. The molecule has 4 rings (SSSR count). The summed E-state index contributed by atoms with van der Waals surface area (Å²) in [5.74, 6) is 0. The normalized spacial score (nSPS) is 10.2. The molecule has 0 unspecified atom stereocenters. The molecule has 0 atom stereocenters. The Morgan fingerprint density at radius 2 is 0.944 bits per heavy atom. The van der Waals surface area contributed by atoms with Gasteiger partial charge in [0.05, 0.1) is 0 Å². The first-order valence-corrected chi connectivity index (χ1v) is 9.47. The molecule has 0 N–H and O–H groups in total. The van der Waals surface area contributed by atoms with Gasteiger partial charge in [-0.2, -0.15) is 0 Å².